The zero-order chi connectivity index (χ0) is 16.8. The molecular formula is C20H19N3O. The number of anilines is 1. The van der Waals surface area contributed by atoms with E-state index < -0.39 is 0 Å². The molecule has 1 heterocycles. The Labute approximate surface area is 141 Å². The van der Waals surface area contributed by atoms with Crippen LogP contribution in [0.2, 0.25) is 0 Å². The quantitative estimate of drug-likeness (QED) is 0.754. The van der Waals surface area contributed by atoms with Crippen molar-refractivity contribution in [2.45, 2.75) is 6.42 Å². The van der Waals surface area contributed by atoms with Crippen LogP contribution in [0.25, 0.3) is 23.1 Å². The van der Waals surface area contributed by atoms with Gasteiger partial charge < -0.3 is 11.1 Å². The summed E-state index contributed by atoms with van der Waals surface area (Å²) in [5.74, 6) is -0.0657. The van der Waals surface area contributed by atoms with Crippen LogP contribution in [0.3, 0.4) is 0 Å². The second kappa shape index (κ2) is 7.53. The van der Waals surface area contributed by atoms with Crippen LogP contribution < -0.4 is 11.1 Å². The molecule has 4 nitrogen and oxygen atoms in total. The summed E-state index contributed by atoms with van der Waals surface area (Å²) in [5, 5.41) is 3.94. The molecule has 0 saturated carbocycles. The van der Waals surface area contributed by atoms with Crippen molar-refractivity contribution in [3.63, 3.8) is 0 Å². The van der Waals surface area contributed by atoms with E-state index in [-0.39, 0.29) is 5.91 Å². The maximum absolute atomic E-state index is 11.5. The van der Waals surface area contributed by atoms with Crippen LogP contribution in [0.15, 0.2) is 60.8 Å². The molecular weight excluding hydrogens is 298 g/mol. The molecule has 0 spiro atoms. The molecule has 3 N–H and O–H groups in total. The number of fused-ring (bicyclic) bond motifs is 1. The monoisotopic (exact) mass is 317 g/mol. The molecule has 4 heteroatoms. The minimum atomic E-state index is -0.0657. The van der Waals surface area contributed by atoms with Crippen molar-refractivity contribution < 1.29 is 4.79 Å². The molecule has 0 atom stereocenters. The average Bonchev–Trinajstić information content (AvgIpc) is 2.61. The summed E-state index contributed by atoms with van der Waals surface area (Å²) in [7, 11) is 0. The predicted molar refractivity (Wildman–Crippen MR) is 99.4 cm³/mol. The molecule has 24 heavy (non-hydrogen) atoms. The molecule has 1 amide bonds. The molecule has 0 radical (unpaired) electrons. The van der Waals surface area contributed by atoms with Crippen molar-refractivity contribution in [1.29, 1.82) is 0 Å². The molecule has 0 saturated heterocycles. The van der Waals surface area contributed by atoms with E-state index in [1.165, 1.54) is 0 Å². The van der Waals surface area contributed by atoms with E-state index in [9.17, 15) is 4.79 Å². The summed E-state index contributed by atoms with van der Waals surface area (Å²) in [5.41, 5.74) is 9.32. The predicted octanol–water partition coefficient (Wildman–Crippen LogP) is 3.69. The van der Waals surface area contributed by atoms with Crippen molar-refractivity contribution in [2.24, 2.45) is 5.73 Å². The largest absolute Gasteiger partial charge is 0.330 e. The summed E-state index contributed by atoms with van der Waals surface area (Å²) in [4.78, 5) is 15.9. The molecule has 2 aromatic carbocycles. The second-order valence-corrected chi connectivity index (χ2v) is 5.46. The first kappa shape index (κ1) is 15.9. The molecule has 1 aromatic heterocycles. The summed E-state index contributed by atoms with van der Waals surface area (Å²) in [6.07, 6.45) is 6.27. The first-order chi connectivity index (χ1) is 11.8. The lowest BCUT2D eigenvalue weighted by atomic mass is 10.1. The van der Waals surface area contributed by atoms with Gasteiger partial charge in [0, 0.05) is 30.2 Å². The van der Waals surface area contributed by atoms with Gasteiger partial charge in [-0.05, 0) is 35.4 Å². The zero-order valence-electron chi connectivity index (χ0n) is 13.3. The van der Waals surface area contributed by atoms with Gasteiger partial charge in [0.05, 0.1) is 5.52 Å². The minimum Gasteiger partial charge on any atom is -0.330 e. The smallest absolute Gasteiger partial charge is 0.225 e. The Morgan fingerprint density at radius 2 is 1.83 bits per heavy atom. The minimum absolute atomic E-state index is 0.0657. The number of pyridine rings is 1. The highest BCUT2D eigenvalue weighted by molar-refractivity contribution is 5.92. The van der Waals surface area contributed by atoms with Crippen molar-refractivity contribution in [1.82, 2.24) is 4.98 Å². The van der Waals surface area contributed by atoms with Gasteiger partial charge in [-0.15, -0.1) is 0 Å². The van der Waals surface area contributed by atoms with Gasteiger partial charge in [-0.2, -0.15) is 0 Å². The number of hydrogen-bond acceptors (Lipinski definition) is 3. The number of para-hydroxylation sites is 1. The molecule has 0 unspecified atom stereocenters. The van der Waals surface area contributed by atoms with E-state index in [0.717, 1.165) is 27.7 Å². The van der Waals surface area contributed by atoms with Gasteiger partial charge >= 0.3 is 0 Å². The second-order valence-electron chi connectivity index (χ2n) is 5.46. The summed E-state index contributed by atoms with van der Waals surface area (Å²) in [6, 6.07) is 17.8. The summed E-state index contributed by atoms with van der Waals surface area (Å²) < 4.78 is 0. The van der Waals surface area contributed by atoms with Gasteiger partial charge in [-0.3, -0.25) is 9.78 Å². The lowest BCUT2D eigenvalue weighted by Crippen LogP contribution is -2.15. The van der Waals surface area contributed by atoms with Gasteiger partial charge in [0.15, 0.2) is 0 Å². The summed E-state index contributed by atoms with van der Waals surface area (Å²) in [6.45, 7) is 0.354. The number of hydrogen-bond donors (Lipinski definition) is 2. The molecule has 120 valence electrons. The van der Waals surface area contributed by atoms with Crippen LogP contribution in [0.5, 0.6) is 0 Å². The number of nitrogens with zero attached hydrogens (tertiary/aromatic N) is 1. The van der Waals surface area contributed by atoms with E-state index in [0.29, 0.717) is 13.0 Å². The molecule has 3 aromatic rings. The Bertz CT molecular complexity index is 864. The maximum Gasteiger partial charge on any atom is 0.225 e. The average molecular weight is 317 g/mol. The third-order valence-corrected chi connectivity index (χ3v) is 3.70. The fourth-order valence-electron chi connectivity index (χ4n) is 2.48. The number of nitrogens with two attached hydrogens (primary N) is 1. The zero-order valence-corrected chi connectivity index (χ0v) is 13.3. The van der Waals surface area contributed by atoms with E-state index in [1.807, 2.05) is 60.8 Å². The van der Waals surface area contributed by atoms with E-state index in [2.05, 4.69) is 22.4 Å². The number of amides is 1. The summed E-state index contributed by atoms with van der Waals surface area (Å²) >= 11 is 0. The fraction of sp³-hybridized carbons (Fsp3) is 0.100. The Kier molecular flexibility index (Phi) is 4.99. The normalized spacial score (nSPS) is 11.0. The van der Waals surface area contributed by atoms with E-state index in [1.54, 1.807) is 0 Å². The van der Waals surface area contributed by atoms with Crippen LogP contribution in [-0.4, -0.2) is 17.4 Å². The number of carbonyl (C=O) groups excluding carboxylic acids is 1. The highest BCUT2D eigenvalue weighted by Crippen LogP contribution is 2.19. The van der Waals surface area contributed by atoms with Crippen molar-refractivity contribution >= 4 is 34.6 Å². The van der Waals surface area contributed by atoms with E-state index >= 15 is 0 Å². The number of nitrogens with one attached hydrogen (secondary N) is 1. The third kappa shape index (κ3) is 3.86. The molecule has 0 aliphatic carbocycles. The number of carbonyl (C=O) groups is 1. The maximum atomic E-state index is 11.5. The van der Waals surface area contributed by atoms with Crippen LogP contribution in [-0.2, 0) is 4.79 Å². The first-order valence-electron chi connectivity index (χ1n) is 7.88. The van der Waals surface area contributed by atoms with Crippen LogP contribution in [0.4, 0.5) is 5.69 Å². The van der Waals surface area contributed by atoms with Gasteiger partial charge in [0.25, 0.3) is 0 Å². The third-order valence-electron chi connectivity index (χ3n) is 3.70. The highest BCUT2D eigenvalue weighted by Gasteiger charge is 2.00. The van der Waals surface area contributed by atoms with Crippen LogP contribution in [0, 0.1) is 0 Å². The van der Waals surface area contributed by atoms with Crippen molar-refractivity contribution in [2.75, 3.05) is 11.9 Å². The van der Waals surface area contributed by atoms with Crippen molar-refractivity contribution in [3.05, 3.63) is 71.9 Å². The highest BCUT2D eigenvalue weighted by atomic mass is 16.1. The Balaban J connectivity index is 1.75. The fourth-order valence-corrected chi connectivity index (χ4v) is 2.48. The number of benzene rings is 2. The number of aromatic nitrogens is 1. The lowest BCUT2D eigenvalue weighted by molar-refractivity contribution is -0.116. The van der Waals surface area contributed by atoms with E-state index in [4.69, 9.17) is 5.73 Å². The Morgan fingerprint density at radius 1 is 1.04 bits per heavy atom. The standard InChI is InChI=1S/C20H19N3O/c21-13-11-20(24)23-17-9-6-15(7-10-17)5-8-16-12-14-22-19-4-2-1-3-18(16)19/h1-10,12,14H,11,13,21H2,(H,23,24). The van der Waals surface area contributed by atoms with Crippen LogP contribution in [0.1, 0.15) is 17.5 Å². The molecule has 0 aliphatic heterocycles. The first-order valence-corrected chi connectivity index (χ1v) is 7.88. The molecule has 3 rings (SSSR count). The van der Waals surface area contributed by atoms with Gasteiger partial charge in [-0.1, -0.05) is 42.5 Å². The number of rotatable bonds is 5. The van der Waals surface area contributed by atoms with Gasteiger partial charge in [0.1, 0.15) is 0 Å². The molecule has 0 aliphatic rings. The topological polar surface area (TPSA) is 68.0 Å². The van der Waals surface area contributed by atoms with Gasteiger partial charge in [0.2, 0.25) is 5.91 Å². The van der Waals surface area contributed by atoms with Gasteiger partial charge in [-0.25, -0.2) is 0 Å². The Hall–Kier alpha value is -2.98. The SMILES string of the molecule is NCCC(=O)Nc1ccc(C=Cc2ccnc3ccccc23)cc1. The Morgan fingerprint density at radius 3 is 2.62 bits per heavy atom. The lowest BCUT2D eigenvalue weighted by Gasteiger charge is -2.04. The molecule has 0 bridgehead atoms. The van der Waals surface area contributed by atoms with Crippen molar-refractivity contribution in [3.8, 4) is 0 Å². The molecule has 0 fully saturated rings. The van der Waals surface area contributed by atoms with Crippen LogP contribution >= 0.6 is 0 Å².